The number of ether oxygens (including phenoxy) is 3. The predicted octanol–water partition coefficient (Wildman–Crippen LogP) is 1.06. The molecule has 0 saturated heterocycles. The quantitative estimate of drug-likeness (QED) is 0.599. The second-order valence-electron chi connectivity index (χ2n) is 3.84. The molecule has 1 aromatic rings. The van der Waals surface area contributed by atoms with Crippen LogP contribution in [0.5, 0.6) is 11.5 Å². The van der Waals surface area contributed by atoms with Crippen LogP contribution in [0, 0.1) is 0 Å². The van der Waals surface area contributed by atoms with Gasteiger partial charge in [0.1, 0.15) is 18.1 Å². The van der Waals surface area contributed by atoms with Gasteiger partial charge < -0.3 is 24.6 Å². The zero-order chi connectivity index (χ0) is 15.0. The number of carbonyl (C=O) groups is 2. The van der Waals surface area contributed by atoms with Gasteiger partial charge in [0.15, 0.2) is 6.10 Å². The fourth-order valence-electron chi connectivity index (χ4n) is 1.27. The van der Waals surface area contributed by atoms with Gasteiger partial charge in [0.05, 0.1) is 13.7 Å². The Morgan fingerprint density at radius 2 is 1.95 bits per heavy atom. The molecule has 0 aliphatic heterocycles. The summed E-state index contributed by atoms with van der Waals surface area (Å²) < 4.78 is 14.6. The third-order valence-corrected chi connectivity index (χ3v) is 2.28. The highest BCUT2D eigenvalue weighted by molar-refractivity contribution is 5.74. The van der Waals surface area contributed by atoms with Crippen LogP contribution in [0.1, 0.15) is 6.92 Å². The molecule has 7 nitrogen and oxygen atoms in total. The van der Waals surface area contributed by atoms with E-state index in [9.17, 15) is 9.59 Å². The molecule has 0 saturated carbocycles. The number of methoxy groups -OCH3 is 1. The Labute approximate surface area is 116 Å². The Morgan fingerprint density at radius 3 is 2.55 bits per heavy atom. The number of phenols is 1. The van der Waals surface area contributed by atoms with Crippen molar-refractivity contribution in [2.45, 2.75) is 13.0 Å². The summed E-state index contributed by atoms with van der Waals surface area (Å²) in [7, 11) is 1.24. The topological polar surface area (TPSA) is 94.1 Å². The first-order valence-corrected chi connectivity index (χ1v) is 5.97. The van der Waals surface area contributed by atoms with E-state index in [1.54, 1.807) is 6.92 Å². The number of esters is 1. The van der Waals surface area contributed by atoms with E-state index < -0.39 is 18.2 Å². The molecule has 2 N–H and O–H groups in total. The fraction of sp³-hybridized carbons (Fsp3) is 0.385. The Kier molecular flexibility index (Phi) is 6.15. The van der Waals surface area contributed by atoms with E-state index in [4.69, 9.17) is 14.6 Å². The molecular formula is C13H17NO6. The zero-order valence-corrected chi connectivity index (χ0v) is 11.3. The average molecular weight is 283 g/mol. The lowest BCUT2D eigenvalue weighted by atomic mass is 10.3. The highest BCUT2D eigenvalue weighted by Crippen LogP contribution is 2.17. The van der Waals surface area contributed by atoms with Crippen LogP contribution in [0.15, 0.2) is 24.3 Å². The van der Waals surface area contributed by atoms with Crippen molar-refractivity contribution in [2.75, 3.05) is 20.3 Å². The summed E-state index contributed by atoms with van der Waals surface area (Å²) in [5.74, 6) is 0.00569. The minimum atomic E-state index is -0.794. The molecule has 0 aromatic heterocycles. The van der Waals surface area contributed by atoms with Crippen molar-refractivity contribution in [3.8, 4) is 11.5 Å². The van der Waals surface area contributed by atoms with Gasteiger partial charge in [-0.1, -0.05) is 0 Å². The van der Waals surface area contributed by atoms with E-state index in [1.165, 1.54) is 31.4 Å². The van der Waals surface area contributed by atoms with Gasteiger partial charge in [-0.05, 0) is 31.2 Å². The summed E-state index contributed by atoms with van der Waals surface area (Å²) in [5, 5.41) is 11.5. The number of nitrogens with one attached hydrogen (secondary N) is 1. The minimum Gasteiger partial charge on any atom is -0.508 e. The molecule has 1 rings (SSSR count). The van der Waals surface area contributed by atoms with Gasteiger partial charge in [0.2, 0.25) is 0 Å². The predicted molar refractivity (Wildman–Crippen MR) is 69.6 cm³/mol. The highest BCUT2D eigenvalue weighted by Gasteiger charge is 2.16. The van der Waals surface area contributed by atoms with Gasteiger partial charge >= 0.3 is 12.1 Å². The molecule has 0 aliphatic rings. The smallest absolute Gasteiger partial charge is 0.406 e. The van der Waals surface area contributed by atoms with Crippen LogP contribution in [-0.4, -0.2) is 43.5 Å². The summed E-state index contributed by atoms with van der Waals surface area (Å²) in [6.07, 6.45) is -1.38. The van der Waals surface area contributed by atoms with E-state index in [0.29, 0.717) is 5.75 Å². The van der Waals surface area contributed by atoms with Crippen LogP contribution in [0.2, 0.25) is 0 Å². The lowest BCUT2D eigenvalue weighted by molar-refractivity contribution is -0.150. The lowest BCUT2D eigenvalue weighted by Gasteiger charge is -2.14. The third-order valence-electron chi connectivity index (χ3n) is 2.28. The largest absolute Gasteiger partial charge is 0.508 e. The minimum absolute atomic E-state index is 0.0250. The molecule has 20 heavy (non-hydrogen) atoms. The summed E-state index contributed by atoms with van der Waals surface area (Å²) in [4.78, 5) is 22.3. The van der Waals surface area contributed by atoms with Gasteiger partial charge in [0, 0.05) is 0 Å². The van der Waals surface area contributed by atoms with Gasteiger partial charge in [-0.2, -0.15) is 0 Å². The average Bonchev–Trinajstić information content (AvgIpc) is 2.45. The van der Waals surface area contributed by atoms with Crippen molar-refractivity contribution in [1.82, 2.24) is 5.32 Å². The molecule has 110 valence electrons. The van der Waals surface area contributed by atoms with Crippen molar-refractivity contribution < 1.29 is 28.9 Å². The van der Waals surface area contributed by atoms with Crippen molar-refractivity contribution in [3.05, 3.63) is 24.3 Å². The normalized spacial score (nSPS) is 11.3. The van der Waals surface area contributed by atoms with Crippen molar-refractivity contribution in [3.63, 3.8) is 0 Å². The second kappa shape index (κ2) is 7.88. The molecule has 7 heteroatoms. The Morgan fingerprint density at radius 1 is 1.30 bits per heavy atom. The molecule has 1 atom stereocenters. The number of amides is 1. The van der Waals surface area contributed by atoms with Gasteiger partial charge in [-0.25, -0.2) is 9.59 Å². The molecule has 1 amide bonds. The van der Waals surface area contributed by atoms with Gasteiger partial charge in [-0.3, -0.25) is 0 Å². The Balaban J connectivity index is 2.28. The molecule has 0 heterocycles. The lowest BCUT2D eigenvalue weighted by Crippen LogP contribution is -2.31. The zero-order valence-electron chi connectivity index (χ0n) is 11.3. The van der Waals surface area contributed by atoms with Gasteiger partial charge in [0.25, 0.3) is 0 Å². The first-order chi connectivity index (χ1) is 9.52. The molecular weight excluding hydrogens is 266 g/mol. The number of alkyl carbamates (subject to hydrolysis) is 1. The highest BCUT2D eigenvalue weighted by atomic mass is 16.6. The van der Waals surface area contributed by atoms with E-state index in [-0.39, 0.29) is 18.9 Å². The van der Waals surface area contributed by atoms with Crippen molar-refractivity contribution in [2.24, 2.45) is 0 Å². The van der Waals surface area contributed by atoms with Crippen LogP contribution in [0.4, 0.5) is 4.79 Å². The van der Waals surface area contributed by atoms with E-state index >= 15 is 0 Å². The third kappa shape index (κ3) is 5.47. The Hall–Kier alpha value is -2.44. The molecule has 0 fully saturated rings. The Bertz CT molecular complexity index is 445. The number of benzene rings is 1. The van der Waals surface area contributed by atoms with Crippen molar-refractivity contribution in [1.29, 1.82) is 0 Å². The van der Waals surface area contributed by atoms with E-state index in [1.807, 2.05) is 0 Å². The second-order valence-corrected chi connectivity index (χ2v) is 3.84. The maximum atomic E-state index is 11.6. The molecule has 0 bridgehead atoms. The fourth-order valence-corrected chi connectivity index (χ4v) is 1.27. The number of rotatable bonds is 6. The maximum Gasteiger partial charge on any atom is 0.406 e. The van der Waals surface area contributed by atoms with Crippen LogP contribution in [0.25, 0.3) is 0 Å². The summed E-state index contributed by atoms with van der Waals surface area (Å²) in [6.45, 7) is 1.73. The molecule has 0 aliphatic carbocycles. The van der Waals surface area contributed by atoms with Crippen LogP contribution in [-0.2, 0) is 14.3 Å². The van der Waals surface area contributed by atoms with Crippen molar-refractivity contribution >= 4 is 12.1 Å². The van der Waals surface area contributed by atoms with Crippen LogP contribution < -0.4 is 10.1 Å². The number of hydrogen-bond acceptors (Lipinski definition) is 6. The summed E-state index contributed by atoms with van der Waals surface area (Å²) in [5.41, 5.74) is 0. The maximum absolute atomic E-state index is 11.6. The molecule has 1 aromatic carbocycles. The number of hydrogen-bond donors (Lipinski definition) is 2. The number of carbonyl (C=O) groups excluding carboxylic acids is 2. The number of aromatic hydroxyl groups is 1. The van der Waals surface area contributed by atoms with Crippen LogP contribution in [0.3, 0.4) is 0 Å². The first kappa shape index (κ1) is 15.6. The molecule has 0 spiro atoms. The van der Waals surface area contributed by atoms with E-state index in [0.717, 1.165) is 0 Å². The van der Waals surface area contributed by atoms with Crippen LogP contribution >= 0.6 is 0 Å². The first-order valence-electron chi connectivity index (χ1n) is 5.97. The summed E-state index contributed by atoms with van der Waals surface area (Å²) >= 11 is 0. The van der Waals surface area contributed by atoms with E-state index in [2.05, 4.69) is 10.1 Å². The SMILES string of the molecule is COC(=O)NCCOC(=O)C(C)Oc1ccc(O)cc1. The number of phenolic OH excluding ortho intramolecular Hbond substituents is 1. The molecule has 0 radical (unpaired) electrons. The van der Waals surface area contributed by atoms with Gasteiger partial charge in [-0.15, -0.1) is 0 Å². The summed E-state index contributed by atoms with van der Waals surface area (Å²) in [6, 6.07) is 5.98. The molecule has 1 unspecified atom stereocenters. The monoisotopic (exact) mass is 283 g/mol. The standard InChI is InChI=1S/C13H17NO6/c1-9(20-11-5-3-10(15)4-6-11)12(16)19-8-7-14-13(17)18-2/h3-6,9,15H,7-8H2,1-2H3,(H,14,17).